The molecule has 138 valence electrons. The summed E-state index contributed by atoms with van der Waals surface area (Å²) in [7, 11) is 0. The summed E-state index contributed by atoms with van der Waals surface area (Å²) in [6, 6.07) is 0. The quantitative estimate of drug-likeness (QED) is 0.685. The van der Waals surface area contributed by atoms with Crippen LogP contribution in [-0.4, -0.2) is 38.1 Å². The predicted molar refractivity (Wildman–Crippen MR) is 106 cm³/mol. The molecule has 0 bridgehead atoms. The molecule has 3 aromatic heterocycles. The van der Waals surface area contributed by atoms with E-state index in [4.69, 9.17) is 4.98 Å². The number of fused-ring (bicyclic) bond motifs is 1. The summed E-state index contributed by atoms with van der Waals surface area (Å²) in [5.41, 5.74) is 1.40. The van der Waals surface area contributed by atoms with Gasteiger partial charge in [-0.15, -0.1) is 16.4 Å². The Kier molecular flexibility index (Phi) is 4.89. The lowest BCUT2D eigenvalue weighted by molar-refractivity contribution is 0.338. The second-order valence-electron chi connectivity index (χ2n) is 7.69. The van der Waals surface area contributed by atoms with E-state index in [0.717, 1.165) is 55.4 Å². The first-order valence-corrected chi connectivity index (χ1v) is 10.3. The lowest BCUT2D eigenvalue weighted by Gasteiger charge is -2.33. The van der Waals surface area contributed by atoms with Crippen LogP contribution in [-0.2, 0) is 13.0 Å². The van der Waals surface area contributed by atoms with Gasteiger partial charge in [0.2, 0.25) is 0 Å². The monoisotopic (exact) mass is 370 g/mol. The van der Waals surface area contributed by atoms with Crippen molar-refractivity contribution in [2.24, 2.45) is 11.8 Å². The van der Waals surface area contributed by atoms with Gasteiger partial charge in [0.25, 0.3) is 0 Å². The first-order valence-electron chi connectivity index (χ1n) is 9.44. The number of anilines is 1. The molecule has 0 amide bonds. The average Bonchev–Trinajstić information content (AvgIpc) is 3.25. The van der Waals surface area contributed by atoms with Crippen molar-refractivity contribution in [3.8, 4) is 0 Å². The Bertz CT molecular complexity index is 862. The summed E-state index contributed by atoms with van der Waals surface area (Å²) in [5.74, 6) is 3.30. The van der Waals surface area contributed by atoms with Crippen LogP contribution in [0.25, 0.3) is 10.2 Å². The van der Waals surface area contributed by atoms with Crippen molar-refractivity contribution in [1.82, 2.24) is 25.0 Å². The fourth-order valence-corrected chi connectivity index (χ4v) is 4.82. The SMILES string of the molecule is Cc1nc(N2CCC(Cn3ccnn3)CC2)c2c(CC(C)C)csc2n1. The minimum absolute atomic E-state index is 0.635. The maximum absolute atomic E-state index is 4.86. The molecule has 7 heteroatoms. The van der Waals surface area contributed by atoms with Crippen LogP contribution in [0.15, 0.2) is 17.8 Å². The van der Waals surface area contributed by atoms with Crippen molar-refractivity contribution < 1.29 is 0 Å². The molecule has 1 aliphatic rings. The topological polar surface area (TPSA) is 59.7 Å². The molecule has 1 fully saturated rings. The van der Waals surface area contributed by atoms with E-state index in [2.05, 4.69) is 39.4 Å². The number of hydrogen-bond donors (Lipinski definition) is 0. The van der Waals surface area contributed by atoms with Crippen LogP contribution in [0.4, 0.5) is 5.82 Å². The van der Waals surface area contributed by atoms with Crippen molar-refractivity contribution in [3.05, 3.63) is 29.2 Å². The second-order valence-corrected chi connectivity index (χ2v) is 8.55. The second kappa shape index (κ2) is 7.31. The van der Waals surface area contributed by atoms with E-state index >= 15 is 0 Å². The minimum Gasteiger partial charge on any atom is -0.356 e. The Morgan fingerprint density at radius 1 is 1.23 bits per heavy atom. The van der Waals surface area contributed by atoms with E-state index in [1.54, 1.807) is 17.5 Å². The van der Waals surface area contributed by atoms with Gasteiger partial charge in [0.1, 0.15) is 16.5 Å². The van der Waals surface area contributed by atoms with E-state index in [1.807, 2.05) is 17.8 Å². The van der Waals surface area contributed by atoms with Gasteiger partial charge >= 0.3 is 0 Å². The zero-order chi connectivity index (χ0) is 18.1. The Balaban J connectivity index is 1.55. The number of rotatable bonds is 5. The molecule has 3 aromatic rings. The van der Waals surface area contributed by atoms with Crippen molar-refractivity contribution in [3.63, 3.8) is 0 Å². The van der Waals surface area contributed by atoms with E-state index in [-0.39, 0.29) is 0 Å². The molecule has 26 heavy (non-hydrogen) atoms. The van der Waals surface area contributed by atoms with Crippen LogP contribution in [0.3, 0.4) is 0 Å². The molecule has 6 nitrogen and oxygen atoms in total. The van der Waals surface area contributed by atoms with Crippen LogP contribution in [0.1, 0.15) is 38.1 Å². The molecule has 0 N–H and O–H groups in total. The molecule has 0 aliphatic carbocycles. The Labute approximate surface area is 158 Å². The average molecular weight is 371 g/mol. The van der Waals surface area contributed by atoms with E-state index < -0.39 is 0 Å². The molecular weight excluding hydrogens is 344 g/mol. The Morgan fingerprint density at radius 3 is 2.73 bits per heavy atom. The van der Waals surface area contributed by atoms with Gasteiger partial charge in [0, 0.05) is 25.8 Å². The number of aromatic nitrogens is 5. The fourth-order valence-electron chi connectivity index (χ4n) is 3.83. The predicted octanol–water partition coefficient (Wildman–Crippen LogP) is 3.71. The van der Waals surface area contributed by atoms with Crippen molar-refractivity contribution in [1.29, 1.82) is 0 Å². The lowest BCUT2D eigenvalue weighted by Crippen LogP contribution is -2.36. The van der Waals surface area contributed by atoms with Crippen LogP contribution < -0.4 is 4.90 Å². The van der Waals surface area contributed by atoms with Gasteiger partial charge in [-0.05, 0) is 49.0 Å². The molecule has 1 saturated heterocycles. The summed E-state index contributed by atoms with van der Waals surface area (Å²) in [6.07, 6.45) is 7.11. The van der Waals surface area contributed by atoms with Gasteiger partial charge in [0.05, 0.1) is 11.6 Å². The summed E-state index contributed by atoms with van der Waals surface area (Å²) in [5, 5.41) is 11.6. The highest BCUT2D eigenvalue weighted by Crippen LogP contribution is 2.35. The van der Waals surface area contributed by atoms with Crippen molar-refractivity contribution >= 4 is 27.4 Å². The maximum Gasteiger partial charge on any atom is 0.141 e. The van der Waals surface area contributed by atoms with Gasteiger partial charge in [-0.25, -0.2) is 9.97 Å². The highest BCUT2D eigenvalue weighted by molar-refractivity contribution is 7.17. The number of aryl methyl sites for hydroxylation is 1. The third kappa shape index (κ3) is 3.58. The van der Waals surface area contributed by atoms with Gasteiger partial charge in [-0.1, -0.05) is 19.1 Å². The summed E-state index contributed by atoms with van der Waals surface area (Å²) in [6.45, 7) is 9.59. The molecule has 0 radical (unpaired) electrons. The number of nitrogens with zero attached hydrogens (tertiary/aromatic N) is 6. The third-order valence-corrected chi connectivity index (χ3v) is 5.98. The summed E-state index contributed by atoms with van der Waals surface area (Å²) < 4.78 is 1.95. The van der Waals surface area contributed by atoms with Crippen LogP contribution in [0, 0.1) is 18.8 Å². The van der Waals surface area contributed by atoms with Gasteiger partial charge in [-0.3, -0.25) is 4.68 Å². The zero-order valence-corrected chi connectivity index (χ0v) is 16.5. The van der Waals surface area contributed by atoms with Crippen molar-refractivity contribution in [2.45, 2.75) is 46.6 Å². The number of hydrogen-bond acceptors (Lipinski definition) is 6. The summed E-state index contributed by atoms with van der Waals surface area (Å²) >= 11 is 1.76. The Hall–Kier alpha value is -2.02. The fraction of sp³-hybridized carbons (Fsp3) is 0.579. The minimum atomic E-state index is 0.635. The van der Waals surface area contributed by atoms with Crippen LogP contribution >= 0.6 is 11.3 Å². The Morgan fingerprint density at radius 2 is 2.04 bits per heavy atom. The molecule has 0 unspecified atom stereocenters. The standard InChI is InChI=1S/C19H26N6S/c1-13(2)10-16-12-26-19-17(16)18(21-14(3)22-19)24-7-4-15(5-8-24)11-25-9-6-20-23-25/h6,9,12-13,15H,4-5,7-8,10-11H2,1-3H3. The van der Waals surface area contributed by atoms with Crippen LogP contribution in [0.5, 0.6) is 0 Å². The van der Waals surface area contributed by atoms with E-state index in [9.17, 15) is 0 Å². The van der Waals surface area contributed by atoms with Gasteiger partial charge in [0.15, 0.2) is 0 Å². The largest absolute Gasteiger partial charge is 0.356 e. The zero-order valence-electron chi connectivity index (χ0n) is 15.7. The molecule has 0 aromatic carbocycles. The molecule has 4 rings (SSSR count). The van der Waals surface area contributed by atoms with Crippen molar-refractivity contribution in [2.75, 3.05) is 18.0 Å². The smallest absolute Gasteiger partial charge is 0.141 e. The third-order valence-electron chi connectivity index (χ3n) is 5.06. The number of piperidine rings is 1. The first-order chi connectivity index (χ1) is 12.6. The van der Waals surface area contributed by atoms with Gasteiger partial charge in [-0.2, -0.15) is 0 Å². The van der Waals surface area contributed by atoms with Crippen LogP contribution in [0.2, 0.25) is 0 Å². The normalized spacial score (nSPS) is 16.1. The molecule has 0 saturated carbocycles. The van der Waals surface area contributed by atoms with E-state index in [1.165, 1.54) is 10.9 Å². The number of thiophene rings is 1. The lowest BCUT2D eigenvalue weighted by atomic mass is 9.96. The maximum atomic E-state index is 4.86. The molecule has 0 atom stereocenters. The highest BCUT2D eigenvalue weighted by Gasteiger charge is 2.24. The molecule has 1 aliphatic heterocycles. The van der Waals surface area contributed by atoms with Gasteiger partial charge < -0.3 is 4.90 Å². The molecule has 0 spiro atoms. The first kappa shape index (κ1) is 17.4. The molecular formula is C19H26N6S. The summed E-state index contributed by atoms with van der Waals surface area (Å²) in [4.78, 5) is 13.1. The van der Waals surface area contributed by atoms with E-state index in [0.29, 0.717) is 11.8 Å². The highest BCUT2D eigenvalue weighted by atomic mass is 32.1. The molecule has 4 heterocycles.